The number of aliphatic hydroxyl groups is 1. The highest BCUT2D eigenvalue weighted by molar-refractivity contribution is 5.82. The summed E-state index contributed by atoms with van der Waals surface area (Å²) >= 11 is 0. The third-order valence-electron chi connectivity index (χ3n) is 2.86. The predicted octanol–water partition coefficient (Wildman–Crippen LogP) is 2.27. The number of nitrogens with one attached hydrogen (secondary N) is 1. The molecule has 1 heterocycles. The second kappa shape index (κ2) is 5.75. The number of pyridine rings is 1. The molecule has 0 aliphatic rings. The van der Waals surface area contributed by atoms with Crippen molar-refractivity contribution >= 4 is 10.9 Å². The van der Waals surface area contributed by atoms with Crippen LogP contribution in [-0.4, -0.2) is 23.2 Å². The van der Waals surface area contributed by atoms with Crippen LogP contribution in [0.15, 0.2) is 36.5 Å². The SMILES string of the molecule is CCCNC(CO)c1cccc2cccnc12. The lowest BCUT2D eigenvalue weighted by atomic mass is 10.0. The maximum atomic E-state index is 9.48. The van der Waals surface area contributed by atoms with Gasteiger partial charge in [-0.25, -0.2) is 0 Å². The summed E-state index contributed by atoms with van der Waals surface area (Å²) in [6, 6.07) is 10.0. The molecule has 0 spiro atoms. The van der Waals surface area contributed by atoms with Crippen LogP contribution in [0.5, 0.6) is 0 Å². The van der Waals surface area contributed by atoms with Gasteiger partial charge in [-0.1, -0.05) is 31.2 Å². The normalized spacial score (nSPS) is 12.8. The Kier molecular flexibility index (Phi) is 4.07. The van der Waals surface area contributed by atoms with Gasteiger partial charge in [-0.3, -0.25) is 4.98 Å². The lowest BCUT2D eigenvalue weighted by molar-refractivity contribution is 0.245. The molecule has 1 atom stereocenters. The molecule has 0 radical (unpaired) electrons. The molecular weight excluding hydrogens is 212 g/mol. The van der Waals surface area contributed by atoms with Gasteiger partial charge in [-0.2, -0.15) is 0 Å². The average molecular weight is 230 g/mol. The van der Waals surface area contributed by atoms with E-state index in [1.54, 1.807) is 6.20 Å². The largest absolute Gasteiger partial charge is 0.394 e. The van der Waals surface area contributed by atoms with Gasteiger partial charge >= 0.3 is 0 Å². The molecule has 0 amide bonds. The number of aromatic nitrogens is 1. The van der Waals surface area contributed by atoms with E-state index in [0.717, 1.165) is 29.4 Å². The molecule has 1 unspecified atom stereocenters. The molecule has 0 saturated heterocycles. The summed E-state index contributed by atoms with van der Waals surface area (Å²) < 4.78 is 0. The highest BCUT2D eigenvalue weighted by Crippen LogP contribution is 2.22. The van der Waals surface area contributed by atoms with Gasteiger partial charge < -0.3 is 10.4 Å². The zero-order valence-corrected chi connectivity index (χ0v) is 10.1. The van der Waals surface area contributed by atoms with Gasteiger partial charge in [0.15, 0.2) is 0 Å². The van der Waals surface area contributed by atoms with Gasteiger partial charge in [0.2, 0.25) is 0 Å². The van der Waals surface area contributed by atoms with Crippen molar-refractivity contribution in [3.63, 3.8) is 0 Å². The molecule has 1 aromatic carbocycles. The van der Waals surface area contributed by atoms with E-state index >= 15 is 0 Å². The van der Waals surface area contributed by atoms with Crippen molar-refractivity contribution in [2.45, 2.75) is 19.4 Å². The highest BCUT2D eigenvalue weighted by atomic mass is 16.3. The van der Waals surface area contributed by atoms with Gasteiger partial charge in [-0.05, 0) is 24.6 Å². The molecule has 0 aliphatic heterocycles. The van der Waals surface area contributed by atoms with Crippen molar-refractivity contribution in [2.75, 3.05) is 13.2 Å². The van der Waals surface area contributed by atoms with Crippen molar-refractivity contribution in [2.24, 2.45) is 0 Å². The summed E-state index contributed by atoms with van der Waals surface area (Å²) in [6.07, 6.45) is 2.84. The van der Waals surface area contributed by atoms with Crippen molar-refractivity contribution in [1.29, 1.82) is 0 Å². The van der Waals surface area contributed by atoms with E-state index in [-0.39, 0.29) is 12.6 Å². The van der Waals surface area contributed by atoms with E-state index in [1.165, 1.54) is 0 Å². The summed E-state index contributed by atoms with van der Waals surface area (Å²) in [5.41, 5.74) is 2.04. The topological polar surface area (TPSA) is 45.1 Å². The maximum Gasteiger partial charge on any atom is 0.0750 e. The fourth-order valence-corrected chi connectivity index (χ4v) is 2.00. The van der Waals surface area contributed by atoms with E-state index in [4.69, 9.17) is 0 Å². The minimum atomic E-state index is -0.0338. The number of fused-ring (bicyclic) bond motifs is 1. The molecule has 17 heavy (non-hydrogen) atoms. The lowest BCUT2D eigenvalue weighted by Crippen LogP contribution is -2.25. The third kappa shape index (κ3) is 2.62. The molecule has 1 aromatic heterocycles. The number of benzene rings is 1. The molecule has 0 saturated carbocycles. The predicted molar refractivity (Wildman–Crippen MR) is 69.9 cm³/mol. The Morgan fingerprint density at radius 1 is 1.29 bits per heavy atom. The summed E-state index contributed by atoms with van der Waals surface area (Å²) in [6.45, 7) is 3.10. The molecule has 0 aliphatic carbocycles. The molecule has 90 valence electrons. The molecule has 0 bridgehead atoms. The van der Waals surface area contributed by atoms with Gasteiger partial charge in [0.25, 0.3) is 0 Å². The molecule has 3 heteroatoms. The first-order chi connectivity index (χ1) is 8.36. The number of nitrogens with zero attached hydrogens (tertiary/aromatic N) is 1. The van der Waals surface area contributed by atoms with Crippen LogP contribution in [0.4, 0.5) is 0 Å². The van der Waals surface area contributed by atoms with E-state index in [1.807, 2.05) is 30.3 Å². The molecular formula is C14H18N2O. The number of hydrogen-bond acceptors (Lipinski definition) is 3. The Morgan fingerprint density at radius 3 is 2.88 bits per heavy atom. The number of para-hydroxylation sites is 1. The Morgan fingerprint density at radius 2 is 2.12 bits per heavy atom. The van der Waals surface area contributed by atoms with E-state index in [9.17, 15) is 5.11 Å². The fourth-order valence-electron chi connectivity index (χ4n) is 2.00. The molecule has 0 fully saturated rings. The average Bonchev–Trinajstić information content (AvgIpc) is 2.40. The molecule has 3 nitrogen and oxygen atoms in total. The van der Waals surface area contributed by atoms with Gasteiger partial charge in [0.1, 0.15) is 0 Å². The van der Waals surface area contributed by atoms with Crippen LogP contribution in [0.3, 0.4) is 0 Å². The minimum absolute atomic E-state index is 0.0338. The Hall–Kier alpha value is -1.45. The van der Waals surface area contributed by atoms with E-state index < -0.39 is 0 Å². The smallest absolute Gasteiger partial charge is 0.0750 e. The second-order valence-corrected chi connectivity index (χ2v) is 4.11. The van der Waals surface area contributed by atoms with Crippen LogP contribution in [0.2, 0.25) is 0 Å². The molecule has 2 aromatic rings. The van der Waals surface area contributed by atoms with E-state index in [2.05, 4.69) is 17.2 Å². The van der Waals surface area contributed by atoms with Crippen LogP contribution in [0.1, 0.15) is 24.9 Å². The van der Waals surface area contributed by atoms with Crippen molar-refractivity contribution in [3.8, 4) is 0 Å². The van der Waals surface area contributed by atoms with Gasteiger partial charge in [-0.15, -0.1) is 0 Å². The summed E-state index contributed by atoms with van der Waals surface area (Å²) in [5, 5.41) is 13.9. The van der Waals surface area contributed by atoms with Gasteiger partial charge in [0.05, 0.1) is 18.2 Å². The van der Waals surface area contributed by atoms with Crippen LogP contribution in [0.25, 0.3) is 10.9 Å². The fraction of sp³-hybridized carbons (Fsp3) is 0.357. The van der Waals surface area contributed by atoms with Crippen molar-refractivity contribution in [1.82, 2.24) is 10.3 Å². The number of rotatable bonds is 5. The van der Waals surface area contributed by atoms with Crippen LogP contribution in [-0.2, 0) is 0 Å². The van der Waals surface area contributed by atoms with Crippen LogP contribution in [0, 0.1) is 0 Å². The van der Waals surface area contributed by atoms with Gasteiger partial charge in [0, 0.05) is 11.6 Å². The zero-order valence-electron chi connectivity index (χ0n) is 10.1. The Balaban J connectivity index is 2.38. The third-order valence-corrected chi connectivity index (χ3v) is 2.86. The van der Waals surface area contributed by atoms with Crippen molar-refractivity contribution < 1.29 is 5.11 Å². The van der Waals surface area contributed by atoms with Crippen LogP contribution >= 0.6 is 0 Å². The standard InChI is InChI=1S/C14H18N2O/c1-2-8-15-13(10-17)12-7-3-5-11-6-4-9-16-14(11)12/h3-7,9,13,15,17H,2,8,10H2,1H3. The Labute approximate surface area is 102 Å². The number of aliphatic hydroxyl groups excluding tert-OH is 1. The summed E-state index contributed by atoms with van der Waals surface area (Å²) in [5.74, 6) is 0. The first kappa shape index (κ1) is 12.0. The summed E-state index contributed by atoms with van der Waals surface area (Å²) in [7, 11) is 0. The lowest BCUT2D eigenvalue weighted by Gasteiger charge is -2.17. The monoisotopic (exact) mass is 230 g/mol. The highest BCUT2D eigenvalue weighted by Gasteiger charge is 2.12. The molecule has 2 rings (SSSR count). The maximum absolute atomic E-state index is 9.48. The zero-order chi connectivity index (χ0) is 12.1. The van der Waals surface area contributed by atoms with Crippen LogP contribution < -0.4 is 5.32 Å². The molecule has 2 N–H and O–H groups in total. The second-order valence-electron chi connectivity index (χ2n) is 4.11. The number of hydrogen-bond donors (Lipinski definition) is 2. The first-order valence-corrected chi connectivity index (χ1v) is 6.04. The first-order valence-electron chi connectivity index (χ1n) is 6.04. The summed E-state index contributed by atoms with van der Waals surface area (Å²) in [4.78, 5) is 4.41. The Bertz CT molecular complexity index is 479. The minimum Gasteiger partial charge on any atom is -0.394 e. The quantitative estimate of drug-likeness (QED) is 0.828. The van der Waals surface area contributed by atoms with Crippen molar-refractivity contribution in [3.05, 3.63) is 42.1 Å². The van der Waals surface area contributed by atoms with E-state index in [0.29, 0.717) is 0 Å².